The molecule has 1 aliphatic carbocycles. The molecular weight excluding hydrogens is 576 g/mol. The number of aromatic nitrogens is 2. The van der Waals surface area contributed by atoms with Gasteiger partial charge in [-0.05, 0) is 43.0 Å². The van der Waals surface area contributed by atoms with Crippen LogP contribution >= 0.6 is 23.1 Å². The number of furan rings is 1. The molecule has 1 amide bonds. The van der Waals surface area contributed by atoms with Gasteiger partial charge < -0.3 is 24.9 Å². The summed E-state index contributed by atoms with van der Waals surface area (Å²) in [6, 6.07) is 10.9. The van der Waals surface area contributed by atoms with Crippen molar-refractivity contribution < 1.29 is 23.5 Å². The van der Waals surface area contributed by atoms with Crippen molar-refractivity contribution >= 4 is 45.6 Å². The quantitative estimate of drug-likeness (QED) is 0.328. The van der Waals surface area contributed by atoms with Crippen molar-refractivity contribution in [2.45, 2.75) is 43.9 Å². The van der Waals surface area contributed by atoms with Gasteiger partial charge in [-0.3, -0.25) is 14.5 Å². The van der Waals surface area contributed by atoms with Gasteiger partial charge in [0, 0.05) is 23.8 Å². The molecule has 1 aliphatic heterocycles. The second kappa shape index (κ2) is 11.5. The maximum atomic E-state index is 13.6. The fourth-order valence-electron chi connectivity index (χ4n) is 5.19. The second-order valence-electron chi connectivity index (χ2n) is 10.7. The maximum absolute atomic E-state index is 13.6. The number of hydrogen-bond donors (Lipinski definition) is 2. The number of carbonyl (C=O) groups excluding carboxylic acids is 2. The molecule has 1 aromatic carbocycles. The molecule has 3 aromatic rings. The van der Waals surface area contributed by atoms with Gasteiger partial charge in [0.15, 0.2) is 10.1 Å². The van der Waals surface area contributed by atoms with Crippen LogP contribution in [0.2, 0.25) is 0 Å². The number of benzene rings is 1. The molecule has 0 saturated carbocycles. The van der Waals surface area contributed by atoms with Crippen molar-refractivity contribution in [1.29, 1.82) is 5.26 Å². The third-order valence-electron chi connectivity index (χ3n) is 7.02. The van der Waals surface area contributed by atoms with Crippen molar-refractivity contribution in [3.05, 3.63) is 64.5 Å². The van der Waals surface area contributed by atoms with Gasteiger partial charge in [-0.2, -0.15) is 5.26 Å². The van der Waals surface area contributed by atoms with Gasteiger partial charge in [0.05, 0.1) is 43.2 Å². The third-order valence-corrected chi connectivity index (χ3v) is 9.07. The molecule has 0 bridgehead atoms. The number of rotatable bonds is 8. The average molecular weight is 607 g/mol. The third kappa shape index (κ3) is 5.60. The van der Waals surface area contributed by atoms with E-state index < -0.39 is 5.92 Å². The Bertz CT molecular complexity index is 1660. The van der Waals surface area contributed by atoms with E-state index in [9.17, 15) is 14.9 Å². The number of ether oxygens (including phenoxy) is 2. The standard InChI is InChI=1S/C29H30N6O5S2/c1-15-6-9-21(40-15)24-17(13-30)26(31)35(19-11-29(2,3)12-20(36)25(19)24)27-33-34-28(42-27)41-14-23(37)32-18-8-7-16(38-4)10-22(18)39-5/h6-10,24H,11-12,14,31H2,1-5H3,(H,32,37). The number of hydrogen-bond acceptors (Lipinski definition) is 12. The smallest absolute Gasteiger partial charge is 0.234 e. The Morgan fingerprint density at radius 3 is 2.71 bits per heavy atom. The maximum Gasteiger partial charge on any atom is 0.234 e. The molecule has 11 nitrogen and oxygen atoms in total. The lowest BCUT2D eigenvalue weighted by Gasteiger charge is -2.42. The van der Waals surface area contributed by atoms with Gasteiger partial charge in [0.25, 0.3) is 0 Å². The normalized spacial score (nSPS) is 18.0. The Morgan fingerprint density at radius 1 is 1.26 bits per heavy atom. The minimum absolute atomic E-state index is 0.0599. The van der Waals surface area contributed by atoms with E-state index in [2.05, 4.69) is 21.6 Å². The van der Waals surface area contributed by atoms with Gasteiger partial charge >= 0.3 is 0 Å². The first-order chi connectivity index (χ1) is 20.0. The average Bonchev–Trinajstić information content (AvgIpc) is 3.59. The molecule has 2 aliphatic rings. The summed E-state index contributed by atoms with van der Waals surface area (Å²) in [7, 11) is 3.07. The summed E-state index contributed by atoms with van der Waals surface area (Å²) in [6.07, 6.45) is 0.873. The van der Waals surface area contributed by atoms with E-state index in [1.54, 1.807) is 42.3 Å². The number of anilines is 2. The number of nitrogens with one attached hydrogen (secondary N) is 1. The summed E-state index contributed by atoms with van der Waals surface area (Å²) in [6.45, 7) is 5.86. The number of nitrogens with zero attached hydrogens (tertiary/aromatic N) is 4. The number of nitriles is 1. The van der Waals surface area contributed by atoms with E-state index in [0.29, 0.717) is 62.3 Å². The van der Waals surface area contributed by atoms with Gasteiger partial charge in [0.1, 0.15) is 28.8 Å². The lowest BCUT2D eigenvalue weighted by molar-refractivity contribution is -0.118. The highest BCUT2D eigenvalue weighted by Gasteiger charge is 2.46. The van der Waals surface area contributed by atoms with E-state index in [1.165, 1.54) is 30.2 Å². The van der Waals surface area contributed by atoms with Crippen LogP contribution in [0.5, 0.6) is 11.5 Å². The number of methoxy groups -OCH3 is 2. The molecule has 0 spiro atoms. The monoisotopic (exact) mass is 606 g/mol. The van der Waals surface area contributed by atoms with Gasteiger partial charge in [-0.1, -0.05) is 36.9 Å². The molecular formula is C29H30N6O5S2. The number of Topliss-reactive ketones (excluding diaryl/α,β-unsaturated/α-hetero) is 1. The highest BCUT2D eigenvalue weighted by molar-refractivity contribution is 8.01. The first-order valence-corrected chi connectivity index (χ1v) is 14.9. The van der Waals surface area contributed by atoms with Crippen LogP contribution in [0.4, 0.5) is 10.8 Å². The molecule has 218 valence electrons. The Kier molecular flexibility index (Phi) is 8.03. The van der Waals surface area contributed by atoms with Gasteiger partial charge in [-0.15, -0.1) is 10.2 Å². The molecule has 13 heteroatoms. The number of amides is 1. The lowest BCUT2D eigenvalue weighted by Crippen LogP contribution is -2.42. The molecule has 5 rings (SSSR count). The van der Waals surface area contributed by atoms with Crippen LogP contribution in [0.3, 0.4) is 0 Å². The molecule has 1 unspecified atom stereocenters. The van der Waals surface area contributed by atoms with Crippen LogP contribution in [-0.4, -0.2) is 41.9 Å². The first kappa shape index (κ1) is 29.2. The summed E-state index contributed by atoms with van der Waals surface area (Å²) >= 11 is 2.44. The second-order valence-corrected chi connectivity index (χ2v) is 12.9. The Labute approximate surface area is 251 Å². The van der Waals surface area contributed by atoms with E-state index in [-0.39, 0.29) is 34.3 Å². The van der Waals surface area contributed by atoms with Crippen LogP contribution in [-0.2, 0) is 9.59 Å². The fraction of sp³-hybridized carbons (Fsp3) is 0.345. The molecule has 0 saturated heterocycles. The molecule has 3 heterocycles. The van der Waals surface area contributed by atoms with E-state index in [1.807, 2.05) is 20.8 Å². The molecule has 42 heavy (non-hydrogen) atoms. The Hall–Kier alpha value is -4.28. The Balaban J connectivity index is 1.42. The number of nitrogens with two attached hydrogens (primary N) is 1. The highest BCUT2D eigenvalue weighted by Crippen LogP contribution is 2.51. The van der Waals surface area contributed by atoms with Crippen LogP contribution in [0.25, 0.3) is 0 Å². The number of ketones is 1. The number of carbonyl (C=O) groups is 2. The van der Waals surface area contributed by atoms with Crippen molar-refractivity contribution in [1.82, 2.24) is 10.2 Å². The zero-order chi connectivity index (χ0) is 30.2. The predicted molar refractivity (Wildman–Crippen MR) is 159 cm³/mol. The minimum atomic E-state index is -0.695. The van der Waals surface area contributed by atoms with Crippen LogP contribution in [0, 0.1) is 23.7 Å². The fourth-order valence-corrected chi connectivity index (χ4v) is 6.87. The SMILES string of the molecule is COc1ccc(NC(=O)CSc2nnc(N3C(N)=C(C#N)C(c4ccc(C)o4)C4=C3CC(C)(C)CC4=O)s2)c(OC)c1. The molecule has 2 aromatic heterocycles. The Morgan fingerprint density at radius 2 is 2.05 bits per heavy atom. The molecule has 0 radical (unpaired) electrons. The number of aryl methyl sites for hydroxylation is 1. The highest BCUT2D eigenvalue weighted by atomic mass is 32.2. The summed E-state index contributed by atoms with van der Waals surface area (Å²) < 4.78 is 17.0. The predicted octanol–water partition coefficient (Wildman–Crippen LogP) is 5.13. The van der Waals surface area contributed by atoms with Crippen molar-refractivity contribution in [2.24, 2.45) is 11.1 Å². The summed E-state index contributed by atoms with van der Waals surface area (Å²) in [4.78, 5) is 28.0. The van der Waals surface area contributed by atoms with Gasteiger partial charge in [0.2, 0.25) is 11.0 Å². The largest absolute Gasteiger partial charge is 0.497 e. The number of allylic oxidation sites excluding steroid dienone is 3. The first-order valence-electron chi connectivity index (χ1n) is 13.1. The molecule has 3 N–H and O–H groups in total. The van der Waals surface area contributed by atoms with Gasteiger partial charge in [-0.25, -0.2) is 0 Å². The van der Waals surface area contributed by atoms with Crippen molar-refractivity contribution in [2.75, 3.05) is 30.2 Å². The van der Waals surface area contributed by atoms with E-state index in [0.717, 1.165) is 0 Å². The van der Waals surface area contributed by atoms with Crippen LogP contribution < -0.4 is 25.4 Å². The van der Waals surface area contributed by atoms with Crippen LogP contribution in [0.15, 0.2) is 61.8 Å². The van der Waals surface area contributed by atoms with Crippen molar-refractivity contribution in [3.63, 3.8) is 0 Å². The summed E-state index contributed by atoms with van der Waals surface area (Å²) in [5.41, 5.74) is 8.23. The molecule has 1 atom stereocenters. The number of thioether (sulfide) groups is 1. The van der Waals surface area contributed by atoms with Crippen LogP contribution in [0.1, 0.15) is 44.1 Å². The topological polar surface area (TPSA) is 157 Å². The zero-order valence-electron chi connectivity index (χ0n) is 23.8. The zero-order valence-corrected chi connectivity index (χ0v) is 25.4. The summed E-state index contributed by atoms with van der Waals surface area (Å²) in [5.74, 6) is 1.49. The summed E-state index contributed by atoms with van der Waals surface area (Å²) in [5, 5.41) is 22.1. The molecule has 0 fully saturated rings. The minimum Gasteiger partial charge on any atom is -0.497 e. The lowest BCUT2D eigenvalue weighted by atomic mass is 9.69. The van der Waals surface area contributed by atoms with E-state index in [4.69, 9.17) is 19.6 Å². The van der Waals surface area contributed by atoms with Crippen molar-refractivity contribution in [3.8, 4) is 17.6 Å². The van der Waals surface area contributed by atoms with E-state index >= 15 is 0 Å².